The Morgan fingerprint density at radius 3 is 2.50 bits per heavy atom. The van der Waals surface area contributed by atoms with Gasteiger partial charge in [0.05, 0.1) is 6.61 Å². The summed E-state index contributed by atoms with van der Waals surface area (Å²) in [4.78, 5) is 24.8. The SMILES string of the molecule is C[C@]12O[C@@H](COc3ccc(-c4cc(C(N)=O)c(=O)[nH]c4C(F)(F)F)cc3)CO[C@H]1C2(F)F. The van der Waals surface area contributed by atoms with Crippen molar-refractivity contribution >= 4 is 5.91 Å². The van der Waals surface area contributed by atoms with E-state index in [4.69, 9.17) is 19.9 Å². The van der Waals surface area contributed by atoms with Crippen LogP contribution in [0.5, 0.6) is 5.75 Å². The van der Waals surface area contributed by atoms with Gasteiger partial charge in [0.25, 0.3) is 11.5 Å². The number of nitrogens with one attached hydrogen (secondary N) is 1. The van der Waals surface area contributed by atoms with Gasteiger partial charge in [-0.2, -0.15) is 13.2 Å². The van der Waals surface area contributed by atoms with E-state index in [0.29, 0.717) is 0 Å². The molecule has 2 fully saturated rings. The molecule has 1 aromatic heterocycles. The summed E-state index contributed by atoms with van der Waals surface area (Å²) in [6, 6.07) is 6.05. The summed E-state index contributed by atoms with van der Waals surface area (Å²) in [5.74, 6) is -4.01. The summed E-state index contributed by atoms with van der Waals surface area (Å²) in [7, 11) is 0. The molecule has 1 aliphatic carbocycles. The van der Waals surface area contributed by atoms with E-state index in [1.807, 2.05) is 0 Å². The van der Waals surface area contributed by atoms with Crippen LogP contribution in [-0.2, 0) is 15.7 Å². The molecule has 3 N–H and O–H groups in total. The van der Waals surface area contributed by atoms with Crippen LogP contribution < -0.4 is 16.0 Å². The van der Waals surface area contributed by atoms with E-state index in [-0.39, 0.29) is 24.5 Å². The Hall–Kier alpha value is -2.99. The molecular formula is C20H17F5N2O5. The van der Waals surface area contributed by atoms with E-state index >= 15 is 0 Å². The number of hydrogen-bond acceptors (Lipinski definition) is 5. The summed E-state index contributed by atoms with van der Waals surface area (Å²) >= 11 is 0. The smallest absolute Gasteiger partial charge is 0.431 e. The number of carbonyl (C=O) groups is 1. The van der Waals surface area contributed by atoms with Crippen LogP contribution in [0.1, 0.15) is 23.0 Å². The van der Waals surface area contributed by atoms with Gasteiger partial charge in [0.2, 0.25) is 0 Å². The number of amides is 1. The topological polar surface area (TPSA) is 104 Å². The highest BCUT2D eigenvalue weighted by Crippen LogP contribution is 2.59. The number of aromatic amines is 1. The van der Waals surface area contributed by atoms with E-state index in [1.54, 1.807) is 4.98 Å². The molecule has 0 bridgehead atoms. The van der Waals surface area contributed by atoms with Crippen LogP contribution in [0.2, 0.25) is 0 Å². The number of benzene rings is 1. The zero-order valence-corrected chi connectivity index (χ0v) is 16.5. The average Bonchev–Trinajstić information content (AvgIpc) is 3.16. The molecule has 12 heteroatoms. The number of aromatic nitrogens is 1. The van der Waals surface area contributed by atoms with E-state index in [0.717, 1.165) is 6.07 Å². The monoisotopic (exact) mass is 460 g/mol. The zero-order valence-electron chi connectivity index (χ0n) is 16.5. The molecule has 3 atom stereocenters. The highest BCUT2D eigenvalue weighted by Gasteiger charge is 2.83. The van der Waals surface area contributed by atoms with Crippen molar-refractivity contribution in [3.05, 3.63) is 51.9 Å². The zero-order chi connectivity index (χ0) is 23.5. The van der Waals surface area contributed by atoms with Crippen molar-refractivity contribution in [2.45, 2.75) is 36.8 Å². The molecule has 172 valence electrons. The summed E-state index contributed by atoms with van der Waals surface area (Å²) in [6.45, 7) is 1.05. The summed E-state index contributed by atoms with van der Waals surface area (Å²) in [5.41, 5.74) is -0.242. The molecule has 4 rings (SSSR count). The number of alkyl halides is 5. The predicted molar refractivity (Wildman–Crippen MR) is 99.5 cm³/mol. The van der Waals surface area contributed by atoms with Gasteiger partial charge in [-0.25, -0.2) is 8.78 Å². The number of rotatable bonds is 5. The quantitative estimate of drug-likeness (QED) is 0.668. The van der Waals surface area contributed by atoms with Crippen molar-refractivity contribution < 1.29 is 41.0 Å². The normalized spacial score (nSPS) is 26.3. The maximum absolute atomic E-state index is 13.6. The second kappa shape index (κ2) is 7.27. The molecule has 32 heavy (non-hydrogen) atoms. The Morgan fingerprint density at radius 2 is 1.94 bits per heavy atom. The molecule has 1 saturated carbocycles. The molecule has 1 aromatic carbocycles. The lowest BCUT2D eigenvalue weighted by atomic mass is 10.0. The third-order valence-corrected chi connectivity index (χ3v) is 5.46. The van der Waals surface area contributed by atoms with Crippen molar-refractivity contribution in [1.82, 2.24) is 4.98 Å². The van der Waals surface area contributed by atoms with Crippen LogP contribution in [0, 0.1) is 0 Å². The van der Waals surface area contributed by atoms with Gasteiger partial charge in [0.1, 0.15) is 29.7 Å². The van der Waals surface area contributed by atoms with E-state index < -0.39 is 58.2 Å². The fraction of sp³-hybridized carbons (Fsp3) is 0.400. The standard InChI is InChI=1S/C20H17F5N2O5/c1-18-17(19(18,21)22)31-8-11(32-18)7-30-10-4-2-9(3-5-10)12-6-13(15(26)28)16(29)27-14(12)20(23,24)25/h2-6,11,17H,7-8H2,1H3,(H2,26,28)(H,27,29)/t11-,17+,18-/m0/s1. The van der Waals surface area contributed by atoms with Crippen LogP contribution in [-0.4, -0.2) is 47.8 Å². The molecule has 2 aromatic rings. The first-order chi connectivity index (χ1) is 14.8. The molecule has 2 aliphatic rings. The number of nitrogens with two attached hydrogens (primary N) is 1. The number of ether oxygens (including phenoxy) is 3. The number of H-pyrrole nitrogens is 1. The third kappa shape index (κ3) is 3.62. The number of pyridine rings is 1. The van der Waals surface area contributed by atoms with Crippen molar-refractivity contribution in [1.29, 1.82) is 0 Å². The summed E-state index contributed by atoms with van der Waals surface area (Å²) in [6.07, 6.45) is -6.92. The molecule has 0 radical (unpaired) electrons. The second-order valence-electron chi connectivity index (χ2n) is 7.68. The van der Waals surface area contributed by atoms with Crippen LogP contribution in [0.15, 0.2) is 35.1 Å². The van der Waals surface area contributed by atoms with Crippen molar-refractivity contribution in [2.24, 2.45) is 5.73 Å². The van der Waals surface area contributed by atoms with Gasteiger partial charge in [-0.05, 0) is 30.7 Å². The van der Waals surface area contributed by atoms with Crippen LogP contribution in [0.3, 0.4) is 0 Å². The number of halogens is 5. The minimum absolute atomic E-state index is 0.0358. The lowest BCUT2D eigenvalue weighted by Crippen LogP contribution is -2.39. The molecule has 7 nitrogen and oxygen atoms in total. The van der Waals surface area contributed by atoms with Gasteiger partial charge < -0.3 is 24.9 Å². The minimum Gasteiger partial charge on any atom is -0.491 e. The fourth-order valence-corrected chi connectivity index (χ4v) is 3.63. The third-order valence-electron chi connectivity index (χ3n) is 5.46. The fourth-order valence-electron chi connectivity index (χ4n) is 3.63. The maximum Gasteiger partial charge on any atom is 0.431 e. The molecule has 2 heterocycles. The van der Waals surface area contributed by atoms with Crippen molar-refractivity contribution in [3.63, 3.8) is 0 Å². The van der Waals surface area contributed by atoms with Crippen LogP contribution in [0.4, 0.5) is 22.0 Å². The Morgan fingerprint density at radius 1 is 1.28 bits per heavy atom. The first kappa shape index (κ1) is 22.2. The van der Waals surface area contributed by atoms with Gasteiger partial charge in [0, 0.05) is 5.56 Å². The van der Waals surface area contributed by atoms with Crippen molar-refractivity contribution in [3.8, 4) is 16.9 Å². The summed E-state index contributed by atoms with van der Waals surface area (Å²) in [5, 5.41) is 0. The van der Waals surface area contributed by atoms with Crippen molar-refractivity contribution in [2.75, 3.05) is 13.2 Å². The predicted octanol–water partition coefficient (Wildman–Crippen LogP) is 2.73. The largest absolute Gasteiger partial charge is 0.491 e. The van der Waals surface area contributed by atoms with Gasteiger partial charge in [0.15, 0.2) is 11.7 Å². The number of fused-ring (bicyclic) bond motifs is 1. The Kier molecular flexibility index (Phi) is 5.05. The number of carbonyl (C=O) groups excluding carboxylic acids is 1. The Balaban J connectivity index is 1.51. The first-order valence-electron chi connectivity index (χ1n) is 9.39. The Bertz CT molecular complexity index is 1110. The maximum atomic E-state index is 13.6. The second-order valence-corrected chi connectivity index (χ2v) is 7.68. The molecule has 1 amide bonds. The van der Waals surface area contributed by atoms with E-state index in [9.17, 15) is 31.5 Å². The molecule has 1 saturated heterocycles. The van der Waals surface area contributed by atoms with E-state index in [2.05, 4.69) is 0 Å². The highest BCUT2D eigenvalue weighted by molar-refractivity contribution is 5.94. The van der Waals surface area contributed by atoms with Gasteiger partial charge in [-0.1, -0.05) is 12.1 Å². The van der Waals surface area contributed by atoms with Gasteiger partial charge >= 0.3 is 12.1 Å². The van der Waals surface area contributed by atoms with Crippen LogP contribution >= 0.6 is 0 Å². The summed E-state index contributed by atoms with van der Waals surface area (Å²) < 4.78 is 83.4. The van der Waals surface area contributed by atoms with E-state index in [1.165, 1.54) is 31.2 Å². The minimum atomic E-state index is -4.89. The lowest BCUT2D eigenvalue weighted by Gasteiger charge is -2.26. The lowest BCUT2D eigenvalue weighted by molar-refractivity contribution is -0.149. The average molecular weight is 460 g/mol. The molecule has 1 aliphatic heterocycles. The van der Waals surface area contributed by atoms with Crippen LogP contribution in [0.25, 0.3) is 11.1 Å². The first-order valence-corrected chi connectivity index (χ1v) is 9.39. The molecular weight excluding hydrogens is 443 g/mol. The number of primary amides is 1. The molecule has 0 spiro atoms. The molecule has 0 unspecified atom stereocenters. The van der Waals surface area contributed by atoms with Gasteiger partial charge in [-0.3, -0.25) is 9.59 Å². The highest BCUT2D eigenvalue weighted by atomic mass is 19.4. The number of hydrogen-bond donors (Lipinski definition) is 2. The van der Waals surface area contributed by atoms with Gasteiger partial charge in [-0.15, -0.1) is 0 Å². The Labute approximate surface area is 177 Å².